The molecular weight excluding hydrogens is 282 g/mol. The highest BCUT2D eigenvalue weighted by Gasteiger charge is 2.20. The van der Waals surface area contributed by atoms with Crippen molar-refractivity contribution in [3.05, 3.63) is 35.9 Å². The number of halogens is 1. The molecule has 2 N–H and O–H groups in total. The molecular formula is C13H18FN2O3P. The molecule has 20 heavy (non-hydrogen) atoms. The van der Waals surface area contributed by atoms with Gasteiger partial charge in [0.25, 0.3) is 0 Å². The van der Waals surface area contributed by atoms with Crippen LogP contribution in [-0.4, -0.2) is 30.6 Å². The van der Waals surface area contributed by atoms with Gasteiger partial charge in [-0.15, -0.1) is 0 Å². The van der Waals surface area contributed by atoms with Gasteiger partial charge in [0.1, 0.15) is 6.04 Å². The normalized spacial score (nSPS) is 13.3. The summed E-state index contributed by atoms with van der Waals surface area (Å²) in [7, 11) is 1.81. The van der Waals surface area contributed by atoms with Crippen molar-refractivity contribution in [2.45, 2.75) is 25.6 Å². The number of benzene rings is 1. The molecule has 3 unspecified atom stereocenters. The lowest BCUT2D eigenvalue weighted by molar-refractivity contribution is -0.130. The molecule has 0 heterocycles. The van der Waals surface area contributed by atoms with Gasteiger partial charge in [-0.25, -0.2) is 4.39 Å². The van der Waals surface area contributed by atoms with Gasteiger partial charge in [0, 0.05) is 13.5 Å². The van der Waals surface area contributed by atoms with Crippen LogP contribution >= 0.6 is 9.24 Å². The summed E-state index contributed by atoms with van der Waals surface area (Å²) in [5, 5.41) is 5.08. The first-order valence-corrected chi connectivity index (χ1v) is 6.75. The summed E-state index contributed by atoms with van der Waals surface area (Å²) in [6.07, 6.45) is -1.58. The molecule has 1 aromatic carbocycles. The van der Waals surface area contributed by atoms with Crippen LogP contribution in [0.1, 0.15) is 12.5 Å². The van der Waals surface area contributed by atoms with Gasteiger partial charge in [-0.2, -0.15) is 0 Å². The Kier molecular flexibility index (Phi) is 7.12. The molecule has 0 aliphatic carbocycles. The van der Waals surface area contributed by atoms with Crippen molar-refractivity contribution in [3.63, 3.8) is 0 Å². The Morgan fingerprint density at radius 1 is 1.35 bits per heavy atom. The minimum Gasteiger partial charge on any atom is -0.350 e. The summed E-state index contributed by atoms with van der Waals surface area (Å²) in [5.41, 5.74) is 0.928. The van der Waals surface area contributed by atoms with E-state index < -0.39 is 18.0 Å². The molecule has 0 aliphatic rings. The number of nitrogens with one attached hydrogen (secondary N) is 2. The first kappa shape index (κ1) is 16.5. The van der Waals surface area contributed by atoms with E-state index in [9.17, 15) is 14.0 Å². The van der Waals surface area contributed by atoms with Crippen LogP contribution in [0.4, 0.5) is 4.39 Å². The number of hydrogen-bond donors (Lipinski definition) is 2. The van der Waals surface area contributed by atoms with Gasteiger partial charge < -0.3 is 15.4 Å². The van der Waals surface area contributed by atoms with Crippen molar-refractivity contribution in [1.29, 1.82) is 0 Å². The quantitative estimate of drug-likeness (QED) is 0.737. The van der Waals surface area contributed by atoms with Gasteiger partial charge in [0.15, 0.2) is 0 Å². The number of carbonyl (C=O) groups is 2. The molecule has 0 bridgehead atoms. The van der Waals surface area contributed by atoms with Crippen LogP contribution in [0.3, 0.4) is 0 Å². The second-order valence-corrected chi connectivity index (χ2v) is 4.67. The fourth-order valence-corrected chi connectivity index (χ4v) is 1.64. The molecule has 5 nitrogen and oxygen atoms in total. The van der Waals surface area contributed by atoms with Crippen molar-refractivity contribution in [3.8, 4) is 0 Å². The van der Waals surface area contributed by atoms with Crippen LogP contribution in [0.5, 0.6) is 0 Å². The Hall–Kier alpha value is -1.52. The maximum absolute atomic E-state index is 12.6. The SMILES string of the molecule is CC(=O)NC(COC(F)P)C(=O)NCc1ccccc1. The van der Waals surface area contributed by atoms with Crippen molar-refractivity contribution in [2.24, 2.45) is 0 Å². The summed E-state index contributed by atoms with van der Waals surface area (Å²) >= 11 is 0. The topological polar surface area (TPSA) is 67.4 Å². The summed E-state index contributed by atoms with van der Waals surface area (Å²) in [6.45, 7) is 1.38. The summed E-state index contributed by atoms with van der Waals surface area (Å²) in [5.74, 6) is -0.803. The molecule has 0 fully saturated rings. The Labute approximate surface area is 119 Å². The standard InChI is InChI=1S/C13H18FN2O3P/c1-9(17)16-11(8-19-13(14)20)12(18)15-7-10-5-3-2-4-6-10/h2-6,11,13H,7-8,20H2,1H3,(H,15,18)(H,16,17). The first-order valence-electron chi connectivity index (χ1n) is 6.09. The Bertz CT molecular complexity index is 443. The molecule has 0 spiro atoms. The highest BCUT2D eigenvalue weighted by molar-refractivity contribution is 7.16. The Morgan fingerprint density at radius 2 is 2.00 bits per heavy atom. The third-order valence-electron chi connectivity index (χ3n) is 2.43. The van der Waals surface area contributed by atoms with Gasteiger partial charge in [-0.1, -0.05) is 39.6 Å². The lowest BCUT2D eigenvalue weighted by Gasteiger charge is -2.18. The van der Waals surface area contributed by atoms with Crippen LogP contribution in [0.2, 0.25) is 0 Å². The highest BCUT2D eigenvalue weighted by Crippen LogP contribution is 2.04. The predicted molar refractivity (Wildman–Crippen MR) is 76.5 cm³/mol. The van der Waals surface area contributed by atoms with E-state index in [0.29, 0.717) is 6.54 Å². The molecule has 7 heteroatoms. The van der Waals surface area contributed by atoms with Crippen molar-refractivity contribution < 1.29 is 18.7 Å². The van der Waals surface area contributed by atoms with Gasteiger partial charge in [0.05, 0.1) is 6.61 Å². The van der Waals surface area contributed by atoms with E-state index in [2.05, 4.69) is 10.6 Å². The van der Waals surface area contributed by atoms with Crippen LogP contribution in [-0.2, 0) is 20.9 Å². The van der Waals surface area contributed by atoms with Crippen molar-refractivity contribution in [2.75, 3.05) is 6.61 Å². The van der Waals surface area contributed by atoms with Crippen molar-refractivity contribution >= 4 is 21.1 Å². The molecule has 0 radical (unpaired) electrons. The average molecular weight is 300 g/mol. The zero-order chi connectivity index (χ0) is 15.0. The van der Waals surface area contributed by atoms with E-state index in [1.807, 2.05) is 39.6 Å². The molecule has 0 aromatic heterocycles. The minimum atomic E-state index is -1.58. The Morgan fingerprint density at radius 3 is 2.55 bits per heavy atom. The molecule has 110 valence electrons. The smallest absolute Gasteiger partial charge is 0.245 e. The highest BCUT2D eigenvalue weighted by atomic mass is 31.0. The average Bonchev–Trinajstić information content (AvgIpc) is 2.41. The fraction of sp³-hybridized carbons (Fsp3) is 0.385. The maximum Gasteiger partial charge on any atom is 0.245 e. The third kappa shape index (κ3) is 6.59. The number of alkyl halides is 1. The summed E-state index contributed by atoms with van der Waals surface area (Å²) in [6, 6.07) is 8.40. The number of ether oxygens (including phenoxy) is 1. The lowest BCUT2D eigenvalue weighted by atomic mass is 10.2. The van der Waals surface area contributed by atoms with E-state index in [4.69, 9.17) is 4.74 Å². The number of amides is 2. The second-order valence-electron chi connectivity index (χ2n) is 4.14. The van der Waals surface area contributed by atoms with Gasteiger partial charge in [-0.3, -0.25) is 9.59 Å². The third-order valence-corrected chi connectivity index (χ3v) is 2.62. The first-order chi connectivity index (χ1) is 9.49. The monoisotopic (exact) mass is 300 g/mol. The van der Waals surface area contributed by atoms with E-state index in [-0.39, 0.29) is 12.5 Å². The predicted octanol–water partition coefficient (Wildman–Crippen LogP) is 0.952. The minimum absolute atomic E-state index is 0.231. The Balaban J connectivity index is 2.51. The van der Waals surface area contributed by atoms with Crippen molar-refractivity contribution in [1.82, 2.24) is 10.6 Å². The fourth-order valence-electron chi connectivity index (χ4n) is 1.52. The maximum atomic E-state index is 12.6. The summed E-state index contributed by atoms with van der Waals surface area (Å²) in [4.78, 5) is 23.0. The van der Waals surface area contributed by atoms with Gasteiger partial charge >= 0.3 is 0 Å². The molecule has 0 saturated carbocycles. The molecule has 1 rings (SSSR count). The van der Waals surface area contributed by atoms with E-state index in [0.717, 1.165) is 5.56 Å². The zero-order valence-electron chi connectivity index (χ0n) is 11.1. The molecule has 2 amide bonds. The van der Waals surface area contributed by atoms with E-state index in [1.165, 1.54) is 6.92 Å². The zero-order valence-corrected chi connectivity index (χ0v) is 12.3. The van der Waals surface area contributed by atoms with Crippen LogP contribution in [0.15, 0.2) is 30.3 Å². The largest absolute Gasteiger partial charge is 0.350 e. The lowest BCUT2D eigenvalue weighted by Crippen LogP contribution is -2.48. The van der Waals surface area contributed by atoms with Gasteiger partial charge in [0.2, 0.25) is 17.9 Å². The molecule has 1 aromatic rings. The van der Waals surface area contributed by atoms with E-state index in [1.54, 1.807) is 0 Å². The number of hydrogen-bond acceptors (Lipinski definition) is 3. The van der Waals surface area contributed by atoms with Gasteiger partial charge in [-0.05, 0) is 5.56 Å². The number of rotatable bonds is 7. The van der Waals surface area contributed by atoms with E-state index >= 15 is 0 Å². The molecule has 0 saturated heterocycles. The summed E-state index contributed by atoms with van der Waals surface area (Å²) < 4.78 is 17.3. The van der Waals surface area contributed by atoms with Crippen LogP contribution in [0, 0.1) is 0 Å². The van der Waals surface area contributed by atoms with Crippen LogP contribution < -0.4 is 10.6 Å². The number of carbonyl (C=O) groups excluding carboxylic acids is 2. The second kappa shape index (κ2) is 8.61. The molecule has 0 aliphatic heterocycles. The molecule has 3 atom stereocenters. The van der Waals surface area contributed by atoms with Crippen LogP contribution in [0.25, 0.3) is 0 Å².